The third-order valence-corrected chi connectivity index (χ3v) is 5.14. The average molecular weight is 359 g/mol. The standard InChI is InChI=1S/C21H26N2O.ClH/c1-16-17(2)23(14-13-22-16)21(24)15-20(18-9-5-3-6-10-18)19-11-7-4-8-12-19;/h3-12,16-17,20,22H,13-15H2,1-2H3;1H. The molecule has 3 rings (SSSR count). The highest BCUT2D eigenvalue weighted by molar-refractivity contribution is 5.85. The van der Waals surface area contributed by atoms with E-state index in [1.165, 1.54) is 11.1 Å². The van der Waals surface area contributed by atoms with E-state index in [1.54, 1.807) is 0 Å². The second kappa shape index (κ2) is 9.02. The number of nitrogens with zero attached hydrogens (tertiary/aromatic N) is 1. The van der Waals surface area contributed by atoms with Crippen LogP contribution in [0.3, 0.4) is 0 Å². The summed E-state index contributed by atoms with van der Waals surface area (Å²) in [5.74, 6) is 0.353. The van der Waals surface area contributed by atoms with Crippen LogP contribution in [0.1, 0.15) is 37.3 Å². The van der Waals surface area contributed by atoms with Crippen LogP contribution in [0.5, 0.6) is 0 Å². The zero-order valence-electron chi connectivity index (χ0n) is 14.9. The summed E-state index contributed by atoms with van der Waals surface area (Å²) >= 11 is 0. The molecule has 1 saturated heterocycles. The molecule has 2 atom stereocenters. The number of hydrogen-bond acceptors (Lipinski definition) is 2. The molecular formula is C21H27ClN2O. The van der Waals surface area contributed by atoms with Crippen LogP contribution >= 0.6 is 12.4 Å². The first-order valence-electron chi connectivity index (χ1n) is 8.79. The number of hydrogen-bond donors (Lipinski definition) is 1. The van der Waals surface area contributed by atoms with Gasteiger partial charge in [-0.15, -0.1) is 12.4 Å². The highest BCUT2D eigenvalue weighted by Gasteiger charge is 2.30. The molecule has 0 radical (unpaired) electrons. The minimum absolute atomic E-state index is 0. The Bertz CT molecular complexity index is 623. The normalized spacial score (nSPS) is 20.2. The van der Waals surface area contributed by atoms with E-state index in [0.29, 0.717) is 12.5 Å². The van der Waals surface area contributed by atoms with Gasteiger partial charge < -0.3 is 10.2 Å². The summed E-state index contributed by atoms with van der Waals surface area (Å²) in [4.78, 5) is 15.1. The van der Waals surface area contributed by atoms with Gasteiger partial charge >= 0.3 is 0 Å². The highest BCUT2D eigenvalue weighted by atomic mass is 35.5. The Labute approximate surface area is 156 Å². The molecule has 0 saturated carbocycles. The fraction of sp³-hybridized carbons (Fsp3) is 0.381. The second-order valence-electron chi connectivity index (χ2n) is 6.65. The Balaban J connectivity index is 0.00000225. The molecule has 0 aliphatic carbocycles. The van der Waals surface area contributed by atoms with Crippen molar-refractivity contribution in [3.63, 3.8) is 0 Å². The molecule has 1 heterocycles. The van der Waals surface area contributed by atoms with Crippen LogP contribution in [-0.4, -0.2) is 36.0 Å². The van der Waals surface area contributed by atoms with Gasteiger partial charge in [0.25, 0.3) is 0 Å². The van der Waals surface area contributed by atoms with Gasteiger partial charge in [-0.2, -0.15) is 0 Å². The number of halogens is 1. The molecule has 134 valence electrons. The molecule has 1 aliphatic heterocycles. The van der Waals surface area contributed by atoms with E-state index in [2.05, 4.69) is 43.4 Å². The molecule has 3 nitrogen and oxygen atoms in total. The van der Waals surface area contributed by atoms with Gasteiger partial charge in [0.05, 0.1) is 0 Å². The molecule has 1 amide bonds. The predicted octanol–water partition coefficient (Wildman–Crippen LogP) is 3.84. The first kappa shape index (κ1) is 19.5. The first-order chi connectivity index (χ1) is 11.7. The Morgan fingerprint density at radius 2 is 1.56 bits per heavy atom. The molecule has 2 aromatic carbocycles. The number of amides is 1. The molecule has 1 aliphatic rings. The fourth-order valence-electron chi connectivity index (χ4n) is 3.50. The van der Waals surface area contributed by atoms with Crippen LogP contribution in [0.15, 0.2) is 60.7 Å². The molecular weight excluding hydrogens is 332 g/mol. The number of nitrogens with one attached hydrogen (secondary N) is 1. The fourth-order valence-corrected chi connectivity index (χ4v) is 3.50. The lowest BCUT2D eigenvalue weighted by Crippen LogP contribution is -2.57. The first-order valence-corrected chi connectivity index (χ1v) is 8.79. The van der Waals surface area contributed by atoms with Crippen molar-refractivity contribution in [1.82, 2.24) is 10.2 Å². The van der Waals surface area contributed by atoms with E-state index < -0.39 is 0 Å². The topological polar surface area (TPSA) is 32.3 Å². The van der Waals surface area contributed by atoms with Gasteiger partial charge in [0.2, 0.25) is 5.91 Å². The Kier molecular flexibility index (Phi) is 7.03. The third-order valence-electron chi connectivity index (χ3n) is 5.14. The van der Waals surface area contributed by atoms with Crippen LogP contribution in [0.4, 0.5) is 0 Å². The SMILES string of the molecule is CC1NCCN(C(=O)CC(c2ccccc2)c2ccccc2)C1C.Cl. The van der Waals surface area contributed by atoms with Gasteiger partial charge in [0.1, 0.15) is 0 Å². The van der Waals surface area contributed by atoms with Crippen molar-refractivity contribution in [3.8, 4) is 0 Å². The summed E-state index contributed by atoms with van der Waals surface area (Å²) in [6.07, 6.45) is 0.519. The number of carbonyl (C=O) groups excluding carboxylic acids is 1. The van der Waals surface area contributed by atoms with Gasteiger partial charge in [-0.05, 0) is 25.0 Å². The summed E-state index contributed by atoms with van der Waals surface area (Å²) in [5, 5.41) is 3.44. The van der Waals surface area contributed by atoms with Crippen molar-refractivity contribution in [2.24, 2.45) is 0 Å². The monoisotopic (exact) mass is 358 g/mol. The summed E-state index contributed by atoms with van der Waals surface area (Å²) in [7, 11) is 0. The number of carbonyl (C=O) groups is 1. The molecule has 1 fully saturated rings. The van der Waals surface area contributed by atoms with Crippen molar-refractivity contribution in [3.05, 3.63) is 71.8 Å². The van der Waals surface area contributed by atoms with Crippen molar-refractivity contribution in [2.75, 3.05) is 13.1 Å². The minimum Gasteiger partial charge on any atom is -0.337 e. The third kappa shape index (κ3) is 4.62. The Morgan fingerprint density at radius 1 is 1.04 bits per heavy atom. The van der Waals surface area contributed by atoms with Gasteiger partial charge in [0, 0.05) is 37.5 Å². The quantitative estimate of drug-likeness (QED) is 0.900. The van der Waals surface area contributed by atoms with Crippen molar-refractivity contribution in [2.45, 2.75) is 38.3 Å². The minimum atomic E-state index is 0. The zero-order valence-corrected chi connectivity index (χ0v) is 15.7. The Morgan fingerprint density at radius 3 is 2.08 bits per heavy atom. The summed E-state index contributed by atoms with van der Waals surface area (Å²) in [6, 6.07) is 21.3. The maximum atomic E-state index is 13.0. The summed E-state index contributed by atoms with van der Waals surface area (Å²) in [5.41, 5.74) is 2.40. The number of piperazine rings is 1. The number of rotatable bonds is 4. The largest absolute Gasteiger partial charge is 0.337 e. The van der Waals surface area contributed by atoms with Gasteiger partial charge in [0.15, 0.2) is 0 Å². The predicted molar refractivity (Wildman–Crippen MR) is 105 cm³/mol. The van der Waals surface area contributed by atoms with Crippen molar-refractivity contribution in [1.29, 1.82) is 0 Å². The maximum absolute atomic E-state index is 13.0. The van der Waals surface area contributed by atoms with Crippen LogP contribution in [-0.2, 0) is 4.79 Å². The molecule has 0 spiro atoms. The van der Waals surface area contributed by atoms with Crippen LogP contribution in [0, 0.1) is 0 Å². The van der Waals surface area contributed by atoms with E-state index in [-0.39, 0.29) is 30.3 Å². The summed E-state index contributed by atoms with van der Waals surface area (Å²) < 4.78 is 0. The van der Waals surface area contributed by atoms with Crippen molar-refractivity contribution < 1.29 is 4.79 Å². The highest BCUT2D eigenvalue weighted by Crippen LogP contribution is 2.29. The van der Waals surface area contributed by atoms with E-state index in [4.69, 9.17) is 0 Å². The second-order valence-corrected chi connectivity index (χ2v) is 6.65. The van der Waals surface area contributed by atoms with E-state index >= 15 is 0 Å². The lowest BCUT2D eigenvalue weighted by atomic mass is 9.88. The molecule has 25 heavy (non-hydrogen) atoms. The van der Waals surface area contributed by atoms with Gasteiger partial charge in [-0.3, -0.25) is 4.79 Å². The molecule has 2 unspecified atom stereocenters. The Hall–Kier alpha value is -1.84. The van der Waals surface area contributed by atoms with Crippen LogP contribution < -0.4 is 5.32 Å². The zero-order chi connectivity index (χ0) is 16.9. The lowest BCUT2D eigenvalue weighted by molar-refractivity contribution is -0.135. The molecule has 0 bridgehead atoms. The average Bonchev–Trinajstić information content (AvgIpc) is 2.63. The molecule has 4 heteroatoms. The molecule has 0 aromatic heterocycles. The van der Waals surface area contributed by atoms with Crippen LogP contribution in [0.2, 0.25) is 0 Å². The van der Waals surface area contributed by atoms with E-state index in [0.717, 1.165) is 13.1 Å². The smallest absolute Gasteiger partial charge is 0.223 e. The van der Waals surface area contributed by atoms with Gasteiger partial charge in [-0.25, -0.2) is 0 Å². The van der Waals surface area contributed by atoms with Crippen molar-refractivity contribution >= 4 is 18.3 Å². The molecule has 2 aromatic rings. The van der Waals surface area contributed by atoms with Crippen LogP contribution in [0.25, 0.3) is 0 Å². The summed E-state index contributed by atoms with van der Waals surface area (Å²) in [6.45, 7) is 5.95. The van der Waals surface area contributed by atoms with E-state index in [9.17, 15) is 4.79 Å². The van der Waals surface area contributed by atoms with Gasteiger partial charge in [-0.1, -0.05) is 60.7 Å². The maximum Gasteiger partial charge on any atom is 0.223 e. The molecule has 1 N–H and O–H groups in total. The lowest BCUT2D eigenvalue weighted by Gasteiger charge is -2.39. The number of benzene rings is 2. The van der Waals surface area contributed by atoms with E-state index in [1.807, 2.05) is 41.3 Å².